The Bertz CT molecular complexity index is 1040. The monoisotopic (exact) mass is 450 g/mol. The summed E-state index contributed by atoms with van der Waals surface area (Å²) in [5.74, 6) is 2.93. The fourth-order valence-electron chi connectivity index (χ4n) is 6.89. The summed E-state index contributed by atoms with van der Waals surface area (Å²) in [5, 5.41) is 0. The lowest BCUT2D eigenvalue weighted by molar-refractivity contribution is -0.132. The maximum atomic E-state index is 12.1. The summed E-state index contributed by atoms with van der Waals surface area (Å²) < 4.78 is 23.9. The van der Waals surface area contributed by atoms with Gasteiger partial charge in [-0.3, -0.25) is 4.79 Å². The van der Waals surface area contributed by atoms with E-state index in [1.807, 2.05) is 18.2 Å². The molecule has 1 heterocycles. The lowest BCUT2D eigenvalue weighted by atomic mass is 9.51. The number of hydrogen-bond acceptors (Lipinski definition) is 5. The highest BCUT2D eigenvalue weighted by Gasteiger charge is 2.59. The van der Waals surface area contributed by atoms with Gasteiger partial charge in [0.1, 0.15) is 28.6 Å². The van der Waals surface area contributed by atoms with E-state index in [0.29, 0.717) is 17.4 Å². The van der Waals surface area contributed by atoms with E-state index in [2.05, 4.69) is 18.2 Å². The van der Waals surface area contributed by atoms with E-state index in [1.54, 1.807) is 14.2 Å². The van der Waals surface area contributed by atoms with Gasteiger partial charge in [-0.15, -0.1) is 0 Å². The van der Waals surface area contributed by atoms with Gasteiger partial charge in [0.15, 0.2) is 0 Å². The second-order valence-corrected chi connectivity index (χ2v) is 9.82. The van der Waals surface area contributed by atoms with Crippen molar-refractivity contribution in [2.75, 3.05) is 14.2 Å². The molecule has 1 spiro atoms. The molecule has 176 valence electrons. The summed E-state index contributed by atoms with van der Waals surface area (Å²) in [5.41, 5.74) is 1.80. The lowest BCUT2D eigenvalue weighted by Gasteiger charge is -2.58. The standard InChI is InChI=1S/C28H34O5/c1-19(29)32-24-17-20(30-2)11-13-23(24)28-16-8-5-9-26(28)27(14-6-4-7-15-27)22-12-10-21(31-3)18-25(22)33-28/h10-13,17-18,26H,4-9,14-16H2,1-3H3/t26-,28+/m0/s1. The fourth-order valence-corrected chi connectivity index (χ4v) is 6.89. The SMILES string of the molecule is COc1ccc2c(c1)O[C@@]1(c3ccc(OC)cc3OC(C)=O)CCCC[C@H]1C21CCCCC1. The molecule has 2 saturated carbocycles. The number of rotatable bonds is 4. The number of benzene rings is 2. The number of fused-ring (bicyclic) bond motifs is 4. The fraction of sp³-hybridized carbons (Fsp3) is 0.536. The molecule has 0 N–H and O–H groups in total. The van der Waals surface area contributed by atoms with E-state index in [1.165, 1.54) is 51.0 Å². The van der Waals surface area contributed by atoms with Crippen LogP contribution in [0.5, 0.6) is 23.0 Å². The van der Waals surface area contributed by atoms with Gasteiger partial charge in [0.05, 0.1) is 14.2 Å². The second-order valence-electron chi connectivity index (χ2n) is 9.82. The molecule has 0 amide bonds. The van der Waals surface area contributed by atoms with E-state index in [9.17, 15) is 4.79 Å². The molecular formula is C28H34O5. The van der Waals surface area contributed by atoms with Gasteiger partial charge in [-0.25, -0.2) is 0 Å². The highest BCUT2D eigenvalue weighted by molar-refractivity contribution is 5.70. The van der Waals surface area contributed by atoms with Gasteiger partial charge in [0, 0.05) is 41.5 Å². The van der Waals surface area contributed by atoms with E-state index < -0.39 is 5.60 Å². The Kier molecular flexibility index (Phi) is 5.75. The Morgan fingerprint density at radius 2 is 1.55 bits per heavy atom. The molecule has 2 aromatic carbocycles. The van der Waals surface area contributed by atoms with Gasteiger partial charge < -0.3 is 18.9 Å². The third-order valence-electron chi connectivity index (χ3n) is 8.18. The van der Waals surface area contributed by atoms with E-state index in [-0.39, 0.29) is 11.4 Å². The van der Waals surface area contributed by atoms with Gasteiger partial charge >= 0.3 is 5.97 Å². The molecule has 2 atom stereocenters. The van der Waals surface area contributed by atoms with Crippen molar-refractivity contribution >= 4 is 5.97 Å². The lowest BCUT2D eigenvalue weighted by Crippen LogP contribution is -2.57. The first kappa shape index (κ1) is 22.1. The van der Waals surface area contributed by atoms with Crippen LogP contribution < -0.4 is 18.9 Å². The van der Waals surface area contributed by atoms with Crippen LogP contribution in [0.4, 0.5) is 0 Å². The van der Waals surface area contributed by atoms with Crippen molar-refractivity contribution < 1.29 is 23.7 Å². The third-order valence-corrected chi connectivity index (χ3v) is 8.18. The van der Waals surface area contributed by atoms with E-state index in [4.69, 9.17) is 18.9 Å². The summed E-state index contributed by atoms with van der Waals surface area (Å²) in [4.78, 5) is 12.1. The highest BCUT2D eigenvalue weighted by Crippen LogP contribution is 2.64. The van der Waals surface area contributed by atoms with Crippen molar-refractivity contribution in [1.29, 1.82) is 0 Å². The first-order valence-electron chi connectivity index (χ1n) is 12.3. The number of esters is 1. The highest BCUT2D eigenvalue weighted by atomic mass is 16.5. The normalized spacial score (nSPS) is 25.4. The van der Waals surface area contributed by atoms with Crippen LogP contribution >= 0.6 is 0 Å². The Balaban J connectivity index is 1.74. The largest absolute Gasteiger partial charge is 0.497 e. The molecule has 0 unspecified atom stereocenters. The predicted octanol–water partition coefficient (Wildman–Crippen LogP) is 6.31. The average Bonchev–Trinajstić information content (AvgIpc) is 2.84. The Hall–Kier alpha value is -2.69. The van der Waals surface area contributed by atoms with E-state index >= 15 is 0 Å². The van der Waals surface area contributed by atoms with Crippen molar-refractivity contribution in [3.63, 3.8) is 0 Å². The second kappa shape index (κ2) is 8.58. The third kappa shape index (κ3) is 3.56. The topological polar surface area (TPSA) is 54.0 Å². The zero-order valence-corrected chi connectivity index (χ0v) is 19.9. The molecule has 0 aromatic heterocycles. The maximum absolute atomic E-state index is 12.1. The van der Waals surface area contributed by atoms with Gasteiger partial charge in [-0.1, -0.05) is 31.7 Å². The number of methoxy groups -OCH3 is 2. The zero-order chi connectivity index (χ0) is 23.1. The first-order valence-corrected chi connectivity index (χ1v) is 12.3. The first-order chi connectivity index (χ1) is 16.0. The van der Waals surface area contributed by atoms with Crippen molar-refractivity contribution in [3.8, 4) is 23.0 Å². The van der Waals surface area contributed by atoms with Gasteiger partial charge in [-0.2, -0.15) is 0 Å². The molecule has 5 nitrogen and oxygen atoms in total. The Labute approximate surface area is 196 Å². The van der Waals surface area contributed by atoms with Crippen LogP contribution in [0.3, 0.4) is 0 Å². The smallest absolute Gasteiger partial charge is 0.308 e. The summed E-state index contributed by atoms with van der Waals surface area (Å²) in [6.45, 7) is 1.45. The molecule has 5 rings (SSSR count). The summed E-state index contributed by atoms with van der Waals surface area (Å²) in [6.07, 6.45) is 10.4. The van der Waals surface area contributed by atoms with Gasteiger partial charge in [-0.05, 0) is 50.3 Å². The van der Waals surface area contributed by atoms with Crippen LogP contribution in [0.25, 0.3) is 0 Å². The maximum Gasteiger partial charge on any atom is 0.308 e. The zero-order valence-electron chi connectivity index (χ0n) is 19.9. The van der Waals surface area contributed by atoms with E-state index in [0.717, 1.165) is 36.3 Å². The van der Waals surface area contributed by atoms with Crippen molar-refractivity contribution in [2.45, 2.75) is 75.7 Å². The number of ether oxygens (including phenoxy) is 4. The predicted molar refractivity (Wildman–Crippen MR) is 126 cm³/mol. The van der Waals surface area contributed by atoms with Gasteiger partial charge in [0.2, 0.25) is 0 Å². The number of carbonyl (C=O) groups excluding carboxylic acids is 1. The summed E-state index contributed by atoms with van der Waals surface area (Å²) in [7, 11) is 3.33. The molecule has 3 aliphatic rings. The Morgan fingerprint density at radius 1 is 0.879 bits per heavy atom. The minimum absolute atomic E-state index is 0.0615. The van der Waals surface area contributed by atoms with Crippen LogP contribution in [0.15, 0.2) is 36.4 Å². The van der Waals surface area contributed by atoms with Crippen molar-refractivity contribution in [3.05, 3.63) is 47.5 Å². The molecular weight excluding hydrogens is 416 g/mol. The van der Waals surface area contributed by atoms with Crippen LogP contribution in [0, 0.1) is 5.92 Å². The van der Waals surface area contributed by atoms with Crippen LogP contribution in [-0.2, 0) is 15.8 Å². The Morgan fingerprint density at radius 3 is 2.24 bits per heavy atom. The molecule has 2 aromatic rings. The van der Waals surface area contributed by atoms with Crippen molar-refractivity contribution in [1.82, 2.24) is 0 Å². The van der Waals surface area contributed by atoms with Crippen LogP contribution in [-0.4, -0.2) is 20.2 Å². The molecule has 2 aliphatic carbocycles. The molecule has 0 saturated heterocycles. The summed E-state index contributed by atoms with van der Waals surface area (Å²) >= 11 is 0. The molecule has 0 radical (unpaired) electrons. The molecule has 1 aliphatic heterocycles. The summed E-state index contributed by atoms with van der Waals surface area (Å²) in [6, 6.07) is 12.2. The van der Waals surface area contributed by atoms with Crippen LogP contribution in [0.2, 0.25) is 0 Å². The minimum atomic E-state index is -0.550. The molecule has 33 heavy (non-hydrogen) atoms. The molecule has 2 fully saturated rings. The minimum Gasteiger partial charge on any atom is -0.497 e. The number of carbonyl (C=O) groups is 1. The van der Waals surface area contributed by atoms with Crippen LogP contribution in [0.1, 0.15) is 75.8 Å². The molecule has 0 bridgehead atoms. The quantitative estimate of drug-likeness (QED) is 0.404. The number of hydrogen-bond donors (Lipinski definition) is 0. The average molecular weight is 451 g/mol. The van der Waals surface area contributed by atoms with Crippen molar-refractivity contribution in [2.24, 2.45) is 5.92 Å². The van der Waals surface area contributed by atoms with Gasteiger partial charge in [0.25, 0.3) is 0 Å². The molecule has 5 heteroatoms.